The van der Waals surface area contributed by atoms with Crippen LogP contribution >= 0.6 is 0 Å². The summed E-state index contributed by atoms with van der Waals surface area (Å²) in [4.78, 5) is 45.1. The van der Waals surface area contributed by atoms with Crippen LogP contribution in [-0.4, -0.2) is 71.0 Å². The van der Waals surface area contributed by atoms with Crippen LogP contribution in [0.4, 0.5) is 32.6 Å². The third-order valence-corrected chi connectivity index (χ3v) is 7.84. The summed E-state index contributed by atoms with van der Waals surface area (Å²) >= 11 is 0. The molecule has 3 aliphatic rings. The number of urea groups is 1. The Labute approximate surface area is 220 Å². The van der Waals surface area contributed by atoms with E-state index in [0.29, 0.717) is 23.6 Å². The molecule has 8 nitrogen and oxygen atoms in total. The Morgan fingerprint density at radius 1 is 1.10 bits per heavy atom. The Balaban J connectivity index is 1.29. The quantitative estimate of drug-likeness (QED) is 0.569. The molecule has 5 rings (SSSR count). The van der Waals surface area contributed by atoms with Gasteiger partial charge < -0.3 is 20.4 Å². The first-order chi connectivity index (χ1) is 18.5. The minimum atomic E-state index is -4.73. The minimum Gasteiger partial charge on any atom is -0.331 e. The fourth-order valence-electron chi connectivity index (χ4n) is 5.81. The third-order valence-electron chi connectivity index (χ3n) is 7.84. The highest BCUT2D eigenvalue weighted by Gasteiger charge is 2.50. The van der Waals surface area contributed by atoms with Crippen LogP contribution in [0, 0.1) is 11.6 Å². The molecule has 2 aromatic rings. The molecular formula is C26H26F5N5O3. The second kappa shape index (κ2) is 10.1. The minimum absolute atomic E-state index is 0.0541. The van der Waals surface area contributed by atoms with Crippen molar-refractivity contribution in [3.8, 4) is 0 Å². The summed E-state index contributed by atoms with van der Waals surface area (Å²) in [5, 5.41) is 5.32. The van der Waals surface area contributed by atoms with E-state index in [1.165, 1.54) is 17.0 Å². The molecule has 0 saturated carbocycles. The zero-order valence-electron chi connectivity index (χ0n) is 20.7. The molecular weight excluding hydrogens is 525 g/mol. The average molecular weight is 552 g/mol. The van der Waals surface area contributed by atoms with Gasteiger partial charge in [-0.1, -0.05) is 18.2 Å². The summed E-state index contributed by atoms with van der Waals surface area (Å²) in [6, 6.07) is 5.07. The number of rotatable bonds is 3. The molecule has 0 radical (unpaired) electrons. The van der Waals surface area contributed by atoms with Crippen molar-refractivity contribution in [2.24, 2.45) is 0 Å². The predicted molar refractivity (Wildman–Crippen MR) is 129 cm³/mol. The van der Waals surface area contributed by atoms with Crippen molar-refractivity contribution in [2.45, 2.75) is 49.2 Å². The van der Waals surface area contributed by atoms with E-state index in [2.05, 4.69) is 15.6 Å². The number of alkyl halides is 3. The number of piperidine rings is 1. The number of halogens is 5. The number of nitrogens with zero attached hydrogens (tertiary/aromatic N) is 3. The second-order valence-corrected chi connectivity index (χ2v) is 10.2. The first kappa shape index (κ1) is 26.8. The highest BCUT2D eigenvalue weighted by atomic mass is 19.4. The van der Waals surface area contributed by atoms with Crippen LogP contribution in [-0.2, 0) is 15.0 Å². The largest absolute Gasteiger partial charge is 0.406 e. The molecule has 3 aliphatic heterocycles. The first-order valence-corrected chi connectivity index (χ1v) is 12.6. The maximum atomic E-state index is 14.5. The van der Waals surface area contributed by atoms with Gasteiger partial charge >= 0.3 is 12.2 Å². The van der Waals surface area contributed by atoms with Crippen molar-refractivity contribution in [3.05, 3.63) is 59.3 Å². The number of pyridine rings is 1. The molecule has 208 valence electrons. The van der Waals surface area contributed by atoms with E-state index >= 15 is 0 Å². The molecule has 0 bridgehead atoms. The zero-order valence-corrected chi connectivity index (χ0v) is 20.7. The number of fused-ring (bicyclic) bond motifs is 2. The van der Waals surface area contributed by atoms with Crippen LogP contribution in [0.25, 0.3) is 0 Å². The van der Waals surface area contributed by atoms with E-state index in [1.807, 2.05) is 6.07 Å². The summed E-state index contributed by atoms with van der Waals surface area (Å²) in [7, 11) is 0. The van der Waals surface area contributed by atoms with Gasteiger partial charge in [-0.15, -0.1) is 0 Å². The lowest BCUT2D eigenvalue weighted by atomic mass is 9.74. The first-order valence-electron chi connectivity index (χ1n) is 12.6. The van der Waals surface area contributed by atoms with Crippen molar-refractivity contribution < 1.29 is 36.3 Å². The van der Waals surface area contributed by atoms with Gasteiger partial charge in [-0.3, -0.25) is 9.59 Å². The maximum absolute atomic E-state index is 14.5. The highest BCUT2D eigenvalue weighted by Crippen LogP contribution is 2.44. The molecule has 13 heteroatoms. The average Bonchev–Trinajstić information content (AvgIpc) is 3.07. The number of amides is 4. The van der Waals surface area contributed by atoms with Crippen LogP contribution in [0.2, 0.25) is 0 Å². The normalized spacial score (nSPS) is 22.9. The number of carbonyl (C=O) groups excluding carboxylic acids is 3. The van der Waals surface area contributed by atoms with Crippen LogP contribution in [0.1, 0.15) is 42.7 Å². The Kier molecular flexibility index (Phi) is 6.93. The molecule has 2 saturated heterocycles. The molecule has 2 fully saturated rings. The Morgan fingerprint density at radius 3 is 2.56 bits per heavy atom. The van der Waals surface area contributed by atoms with Gasteiger partial charge in [0.25, 0.3) is 0 Å². The Hall–Kier alpha value is -3.77. The predicted octanol–water partition coefficient (Wildman–Crippen LogP) is 3.69. The van der Waals surface area contributed by atoms with Crippen molar-refractivity contribution in [1.29, 1.82) is 0 Å². The molecule has 1 spiro atoms. The zero-order chi connectivity index (χ0) is 27.9. The topological polar surface area (TPSA) is 94.6 Å². The summed E-state index contributed by atoms with van der Waals surface area (Å²) in [6.45, 7) is -1.70. The number of hydrogen-bond donors (Lipinski definition) is 2. The van der Waals surface area contributed by atoms with Crippen molar-refractivity contribution in [3.63, 3.8) is 0 Å². The fraction of sp³-hybridized carbons (Fsp3) is 0.462. The lowest BCUT2D eigenvalue weighted by Crippen LogP contribution is -2.55. The summed E-state index contributed by atoms with van der Waals surface area (Å²) in [5.74, 6) is -3.85. The number of anilines is 1. The molecule has 1 aromatic carbocycles. The monoisotopic (exact) mass is 551 g/mol. The van der Waals surface area contributed by atoms with E-state index < -0.39 is 60.2 Å². The van der Waals surface area contributed by atoms with Gasteiger partial charge in [-0.2, -0.15) is 13.2 Å². The molecule has 2 N–H and O–H groups in total. The molecule has 39 heavy (non-hydrogen) atoms. The number of hydrogen-bond acceptors (Lipinski definition) is 4. The highest BCUT2D eigenvalue weighted by molar-refractivity contribution is 6.05. The van der Waals surface area contributed by atoms with Gasteiger partial charge in [0.05, 0.1) is 5.41 Å². The van der Waals surface area contributed by atoms with Gasteiger partial charge in [0, 0.05) is 37.3 Å². The number of carbonyl (C=O) groups is 3. The number of benzene rings is 1. The van der Waals surface area contributed by atoms with E-state index in [9.17, 15) is 36.3 Å². The number of likely N-dealkylation sites (tertiary alicyclic amines) is 2. The van der Waals surface area contributed by atoms with Crippen LogP contribution in [0.5, 0.6) is 0 Å². The van der Waals surface area contributed by atoms with Crippen molar-refractivity contribution >= 4 is 23.7 Å². The SMILES string of the molecule is O=C(N[C@@H]1CC[C@@H](c2cccc(F)c2F)CN(CC(F)(F)F)C1=O)N1CCC2(CC1)C(=O)Nc1ncccc12. The maximum Gasteiger partial charge on any atom is 0.406 e. The van der Waals surface area contributed by atoms with Gasteiger partial charge in [0.15, 0.2) is 11.6 Å². The van der Waals surface area contributed by atoms with E-state index in [0.717, 1.165) is 11.6 Å². The second-order valence-electron chi connectivity index (χ2n) is 10.2. The van der Waals surface area contributed by atoms with E-state index in [-0.39, 0.29) is 37.4 Å². The lowest BCUT2D eigenvalue weighted by Gasteiger charge is -2.38. The molecule has 0 aliphatic carbocycles. The van der Waals surface area contributed by atoms with E-state index in [1.54, 1.807) is 12.3 Å². The van der Waals surface area contributed by atoms with Gasteiger partial charge in [-0.05, 0) is 43.4 Å². The summed E-state index contributed by atoms with van der Waals surface area (Å²) < 4.78 is 68.3. The van der Waals surface area contributed by atoms with Crippen molar-refractivity contribution in [1.82, 2.24) is 20.1 Å². The smallest absolute Gasteiger partial charge is 0.331 e. The summed E-state index contributed by atoms with van der Waals surface area (Å²) in [5.41, 5.74) is -0.190. The van der Waals surface area contributed by atoms with Crippen LogP contribution in [0.15, 0.2) is 36.5 Å². The standard InChI is InChI=1S/C26H26F5N5O3/c27-18-5-1-3-16(20(18)28)15-6-7-19(22(37)36(13-15)14-26(29,30)31)33-24(39)35-11-8-25(9-12-35)17-4-2-10-32-21(17)34-23(25)38/h1-5,10,15,19H,6-9,11-14H2,(H,33,39)(H,32,34,38)/t15-,19-/m1/s1. The third kappa shape index (κ3) is 5.13. The summed E-state index contributed by atoms with van der Waals surface area (Å²) in [6.07, 6.45) is -2.54. The van der Waals surface area contributed by atoms with E-state index in [4.69, 9.17) is 0 Å². The number of aromatic nitrogens is 1. The Bertz CT molecular complexity index is 1290. The molecule has 1 aromatic heterocycles. The lowest BCUT2D eigenvalue weighted by molar-refractivity contribution is -0.162. The van der Waals surface area contributed by atoms with Gasteiger partial charge in [-0.25, -0.2) is 18.6 Å². The Morgan fingerprint density at radius 2 is 1.85 bits per heavy atom. The van der Waals surface area contributed by atoms with Gasteiger partial charge in [0.1, 0.15) is 18.4 Å². The fourth-order valence-corrected chi connectivity index (χ4v) is 5.81. The molecule has 2 atom stereocenters. The van der Waals surface area contributed by atoms with Crippen LogP contribution < -0.4 is 10.6 Å². The molecule has 4 amide bonds. The van der Waals surface area contributed by atoms with Crippen molar-refractivity contribution in [2.75, 3.05) is 31.5 Å². The van der Waals surface area contributed by atoms with Crippen LogP contribution in [0.3, 0.4) is 0 Å². The molecule has 0 unspecified atom stereocenters. The number of nitrogens with one attached hydrogen (secondary N) is 2. The van der Waals surface area contributed by atoms with Gasteiger partial charge in [0.2, 0.25) is 11.8 Å². The molecule has 4 heterocycles.